The Morgan fingerprint density at radius 1 is 1.19 bits per heavy atom. The summed E-state index contributed by atoms with van der Waals surface area (Å²) in [6.07, 6.45) is 5.65. The van der Waals surface area contributed by atoms with Crippen molar-refractivity contribution in [3.05, 3.63) is 59.4 Å². The third kappa shape index (κ3) is 6.95. The van der Waals surface area contributed by atoms with Gasteiger partial charge in [-0.3, -0.25) is 4.79 Å². The van der Waals surface area contributed by atoms with Crippen LogP contribution in [-0.2, 0) is 21.4 Å². The highest BCUT2D eigenvalue weighted by Crippen LogP contribution is 2.28. The Morgan fingerprint density at radius 2 is 1.88 bits per heavy atom. The Balaban J connectivity index is 2.10. The molecule has 0 aromatic heterocycles. The summed E-state index contributed by atoms with van der Waals surface area (Å²) < 4.78 is 51.8. The normalized spacial score (nSPS) is 12.1. The Labute approximate surface area is 187 Å². The molecular formula is C22H26FN3O5S. The quantitative estimate of drug-likeness (QED) is 0.494. The molecule has 2 aromatic rings. The summed E-state index contributed by atoms with van der Waals surface area (Å²) in [5.41, 5.74) is 1.17. The van der Waals surface area contributed by atoms with Gasteiger partial charge in [-0.2, -0.15) is 17.4 Å². The second-order valence-electron chi connectivity index (χ2n) is 6.91. The Kier molecular flexibility index (Phi) is 9.02. The number of nitrogens with zero attached hydrogens (tertiary/aromatic N) is 1. The highest BCUT2D eigenvalue weighted by atomic mass is 32.2. The van der Waals surface area contributed by atoms with Gasteiger partial charge in [0.25, 0.3) is 10.2 Å². The van der Waals surface area contributed by atoms with Crippen LogP contribution in [0.5, 0.6) is 11.5 Å². The molecule has 0 radical (unpaired) electrons. The first-order chi connectivity index (χ1) is 15.2. The lowest BCUT2D eigenvalue weighted by Crippen LogP contribution is -2.45. The maximum atomic E-state index is 13.3. The van der Waals surface area contributed by atoms with E-state index in [2.05, 4.69) is 16.0 Å². The summed E-state index contributed by atoms with van der Waals surface area (Å²) in [4.78, 5) is 12.8. The van der Waals surface area contributed by atoms with E-state index in [9.17, 15) is 17.6 Å². The van der Waals surface area contributed by atoms with E-state index < -0.39 is 28.0 Å². The van der Waals surface area contributed by atoms with Gasteiger partial charge in [0.05, 0.1) is 7.11 Å². The summed E-state index contributed by atoms with van der Waals surface area (Å²) in [6, 6.07) is 9.12. The number of amides is 1. The van der Waals surface area contributed by atoms with Crippen molar-refractivity contribution in [3.8, 4) is 23.8 Å². The summed E-state index contributed by atoms with van der Waals surface area (Å²) in [5.74, 6) is 2.33. The number of benzene rings is 2. The van der Waals surface area contributed by atoms with E-state index in [1.807, 2.05) is 6.07 Å². The first kappa shape index (κ1) is 25.1. The van der Waals surface area contributed by atoms with E-state index in [1.54, 1.807) is 12.1 Å². The Morgan fingerprint density at radius 3 is 2.47 bits per heavy atom. The van der Waals surface area contributed by atoms with Crippen LogP contribution < -0.4 is 19.5 Å². The average molecular weight is 464 g/mol. The number of ether oxygens (including phenoxy) is 2. The highest BCUT2D eigenvalue weighted by Gasteiger charge is 2.27. The van der Waals surface area contributed by atoms with E-state index in [4.69, 9.17) is 15.9 Å². The van der Waals surface area contributed by atoms with Crippen molar-refractivity contribution in [1.82, 2.24) is 14.3 Å². The Hall–Kier alpha value is -3.13. The fraction of sp³-hybridized carbons (Fsp3) is 0.318. The van der Waals surface area contributed by atoms with Crippen LogP contribution in [0.4, 0.5) is 4.39 Å². The molecule has 0 bridgehead atoms. The van der Waals surface area contributed by atoms with Gasteiger partial charge in [0, 0.05) is 20.6 Å². The topological polar surface area (TPSA) is 97.0 Å². The molecule has 32 heavy (non-hydrogen) atoms. The Bertz CT molecular complexity index is 1070. The largest absolute Gasteiger partial charge is 0.493 e. The number of nitrogens with one attached hydrogen (secondary N) is 2. The van der Waals surface area contributed by atoms with Gasteiger partial charge in [0.15, 0.2) is 11.5 Å². The van der Waals surface area contributed by atoms with Crippen LogP contribution in [0, 0.1) is 18.2 Å². The summed E-state index contributed by atoms with van der Waals surface area (Å²) in [7, 11) is 0.272. The van der Waals surface area contributed by atoms with Gasteiger partial charge in [-0.25, -0.2) is 4.39 Å². The van der Waals surface area contributed by atoms with Crippen LogP contribution in [0.2, 0.25) is 0 Å². The lowest BCUT2D eigenvalue weighted by molar-refractivity contribution is -0.122. The molecule has 0 aliphatic rings. The SMILES string of the molecule is C#CCOc1ccc(CCNC(=O)C(NS(=O)(=O)N(C)C)c2ccc(F)cc2)cc1OC. The minimum absolute atomic E-state index is 0.111. The summed E-state index contributed by atoms with van der Waals surface area (Å²) >= 11 is 0. The lowest BCUT2D eigenvalue weighted by Gasteiger charge is -2.21. The van der Waals surface area contributed by atoms with Gasteiger partial charge in [0.2, 0.25) is 5.91 Å². The molecule has 1 amide bonds. The lowest BCUT2D eigenvalue weighted by atomic mass is 10.1. The van der Waals surface area contributed by atoms with E-state index in [0.29, 0.717) is 23.5 Å². The standard InChI is InChI=1S/C22H26FN3O5S/c1-5-14-31-19-11-6-16(15-20(19)30-4)12-13-24-22(27)21(25-32(28,29)26(2)3)17-7-9-18(23)10-8-17/h1,6-11,15,21,25H,12-14H2,2-4H3,(H,24,27). The van der Waals surface area contributed by atoms with Crippen molar-refractivity contribution >= 4 is 16.1 Å². The molecule has 1 atom stereocenters. The molecule has 1 unspecified atom stereocenters. The number of hydrogen-bond acceptors (Lipinski definition) is 5. The highest BCUT2D eigenvalue weighted by molar-refractivity contribution is 7.87. The van der Waals surface area contributed by atoms with Gasteiger partial charge < -0.3 is 14.8 Å². The first-order valence-electron chi connectivity index (χ1n) is 9.64. The molecule has 2 aromatic carbocycles. The number of rotatable bonds is 11. The third-order valence-electron chi connectivity index (χ3n) is 4.46. The van der Waals surface area contributed by atoms with Crippen LogP contribution in [0.15, 0.2) is 42.5 Å². The number of carbonyl (C=O) groups is 1. The van der Waals surface area contributed by atoms with Crippen LogP contribution >= 0.6 is 0 Å². The molecule has 10 heteroatoms. The van der Waals surface area contributed by atoms with Crippen LogP contribution in [-0.4, -0.2) is 53.0 Å². The van der Waals surface area contributed by atoms with E-state index in [1.165, 1.54) is 33.3 Å². The fourth-order valence-electron chi connectivity index (χ4n) is 2.72. The van der Waals surface area contributed by atoms with Crippen LogP contribution in [0.25, 0.3) is 0 Å². The number of methoxy groups -OCH3 is 1. The number of terminal acetylenes is 1. The molecule has 2 N–H and O–H groups in total. The van der Waals surface area contributed by atoms with Crippen molar-refractivity contribution in [1.29, 1.82) is 0 Å². The molecular weight excluding hydrogens is 437 g/mol. The molecule has 0 fully saturated rings. The second-order valence-corrected chi connectivity index (χ2v) is 8.83. The van der Waals surface area contributed by atoms with Gasteiger partial charge in [-0.1, -0.05) is 24.1 Å². The molecule has 2 rings (SSSR count). The summed E-state index contributed by atoms with van der Waals surface area (Å²) in [6.45, 7) is 0.341. The molecule has 172 valence electrons. The van der Waals surface area contributed by atoms with Gasteiger partial charge in [-0.05, 0) is 41.8 Å². The second kappa shape index (κ2) is 11.5. The van der Waals surface area contributed by atoms with E-state index in [0.717, 1.165) is 22.0 Å². The zero-order valence-electron chi connectivity index (χ0n) is 18.1. The predicted octanol–water partition coefficient (Wildman–Crippen LogP) is 1.64. The average Bonchev–Trinajstić information content (AvgIpc) is 2.76. The molecule has 0 saturated carbocycles. The molecule has 0 heterocycles. The smallest absolute Gasteiger partial charge is 0.279 e. The van der Waals surface area contributed by atoms with Crippen molar-refractivity contribution in [3.63, 3.8) is 0 Å². The molecule has 0 aliphatic heterocycles. The van der Waals surface area contributed by atoms with Crippen LogP contribution in [0.3, 0.4) is 0 Å². The fourth-order valence-corrected chi connectivity index (χ4v) is 3.47. The molecule has 8 nitrogen and oxygen atoms in total. The van der Waals surface area contributed by atoms with Gasteiger partial charge >= 0.3 is 0 Å². The van der Waals surface area contributed by atoms with Gasteiger partial charge in [0.1, 0.15) is 18.5 Å². The minimum atomic E-state index is -3.92. The number of halogens is 1. The van der Waals surface area contributed by atoms with Crippen molar-refractivity contribution in [2.24, 2.45) is 0 Å². The van der Waals surface area contributed by atoms with Crippen LogP contribution in [0.1, 0.15) is 17.2 Å². The van der Waals surface area contributed by atoms with E-state index in [-0.39, 0.29) is 13.2 Å². The predicted molar refractivity (Wildman–Crippen MR) is 119 cm³/mol. The first-order valence-corrected chi connectivity index (χ1v) is 11.1. The number of hydrogen-bond donors (Lipinski definition) is 2. The van der Waals surface area contributed by atoms with Crippen molar-refractivity contribution < 1.29 is 27.1 Å². The van der Waals surface area contributed by atoms with E-state index >= 15 is 0 Å². The van der Waals surface area contributed by atoms with Crippen molar-refractivity contribution in [2.45, 2.75) is 12.5 Å². The zero-order chi connectivity index (χ0) is 23.7. The molecule has 0 spiro atoms. The maximum Gasteiger partial charge on any atom is 0.279 e. The van der Waals surface area contributed by atoms with Gasteiger partial charge in [-0.15, -0.1) is 6.42 Å². The third-order valence-corrected chi connectivity index (χ3v) is 5.96. The molecule has 0 saturated heterocycles. The zero-order valence-corrected chi connectivity index (χ0v) is 18.9. The molecule has 0 aliphatic carbocycles. The summed E-state index contributed by atoms with van der Waals surface area (Å²) in [5, 5.41) is 2.72. The number of carbonyl (C=O) groups excluding carboxylic acids is 1. The van der Waals surface area contributed by atoms with Crippen molar-refractivity contribution in [2.75, 3.05) is 34.4 Å². The minimum Gasteiger partial charge on any atom is -0.493 e. The monoisotopic (exact) mass is 463 g/mol. The maximum absolute atomic E-state index is 13.3.